The van der Waals surface area contributed by atoms with Crippen LogP contribution in [0.3, 0.4) is 0 Å². The minimum absolute atomic E-state index is 0.0991. The first-order chi connectivity index (χ1) is 16.8. The minimum Gasteiger partial charge on any atom is -0.507 e. The molecule has 0 unspecified atom stereocenters. The molecule has 0 aliphatic rings. The van der Waals surface area contributed by atoms with Crippen LogP contribution in [-0.4, -0.2) is 55.8 Å². The molecular weight excluding hydrogens is 436 g/mol. The number of nitrogens with one attached hydrogen (secondary N) is 1. The van der Waals surface area contributed by atoms with Gasteiger partial charge in [-0.3, -0.25) is 4.79 Å². The van der Waals surface area contributed by atoms with Gasteiger partial charge in [-0.05, 0) is 54.7 Å². The molecule has 0 atom stereocenters. The summed E-state index contributed by atoms with van der Waals surface area (Å²) in [6.45, 7) is 12.4. The molecule has 2 aromatic carbocycles. The van der Waals surface area contributed by atoms with Crippen molar-refractivity contribution in [1.29, 1.82) is 0 Å². The number of quaternary nitrogens is 1. The highest BCUT2D eigenvalue weighted by molar-refractivity contribution is 5.77. The van der Waals surface area contributed by atoms with Gasteiger partial charge in [-0.2, -0.15) is 0 Å². The summed E-state index contributed by atoms with van der Waals surface area (Å²) in [6, 6.07) is 11.7. The zero-order chi connectivity index (χ0) is 25.7. The second-order valence-corrected chi connectivity index (χ2v) is 9.74. The Morgan fingerprint density at radius 3 is 2.31 bits per heavy atom. The molecule has 190 valence electrons. The number of amides is 1. The molecule has 0 saturated heterocycles. The maximum Gasteiger partial charge on any atom is 0.275 e. The third kappa shape index (κ3) is 9.61. The fourth-order valence-electron chi connectivity index (χ4n) is 4.10. The fourth-order valence-corrected chi connectivity index (χ4v) is 4.10. The van der Waals surface area contributed by atoms with Gasteiger partial charge in [0, 0.05) is 24.1 Å². The average Bonchev–Trinajstić information content (AvgIpc) is 2.81. The number of rotatable bonds is 16. The normalized spacial score (nSPS) is 11.2. The predicted molar refractivity (Wildman–Crippen MR) is 146 cm³/mol. The number of hydrogen-bond donors (Lipinski definition) is 2. The zero-order valence-corrected chi connectivity index (χ0v) is 21.8. The quantitative estimate of drug-likeness (QED) is 0.185. The fraction of sp³-hybridized carbons (Fsp3) is 0.433. The highest BCUT2D eigenvalue weighted by Gasteiger charge is 2.20. The lowest BCUT2D eigenvalue weighted by Crippen LogP contribution is -2.48. The van der Waals surface area contributed by atoms with E-state index in [-0.39, 0.29) is 11.7 Å². The number of nitrogens with zero attached hydrogens (tertiary/aromatic N) is 1. The Bertz CT molecular complexity index is 982. The summed E-state index contributed by atoms with van der Waals surface area (Å²) in [4.78, 5) is 12.3. The summed E-state index contributed by atoms with van der Waals surface area (Å²) in [6.07, 6.45) is 9.33. The second-order valence-electron chi connectivity index (χ2n) is 9.74. The van der Waals surface area contributed by atoms with E-state index < -0.39 is 0 Å². The summed E-state index contributed by atoms with van der Waals surface area (Å²) in [5, 5.41) is 13.6. The second kappa shape index (κ2) is 14.4. The van der Waals surface area contributed by atoms with Gasteiger partial charge in [0.1, 0.15) is 11.5 Å². The molecule has 0 aliphatic heterocycles. The standard InChI is InChI=1S/C30H42N2O3/c1-6-9-10-18-31-30(34)23-32(4,5)19-11-20-35-29-17-15-25(13-8-3)22-27(29)26-21-24(12-7-2)14-16-28(26)33/h7-8,14-17,21-22H,2-3,6,9-13,18-20,23H2,1,4-5H3,(H-,31,33,34)/p+1. The van der Waals surface area contributed by atoms with Crippen LogP contribution in [0.1, 0.15) is 43.7 Å². The number of ether oxygens (including phenoxy) is 1. The van der Waals surface area contributed by atoms with Crippen molar-refractivity contribution in [2.45, 2.75) is 45.4 Å². The minimum atomic E-state index is 0.0991. The van der Waals surface area contributed by atoms with Gasteiger partial charge in [-0.15, -0.1) is 13.2 Å². The van der Waals surface area contributed by atoms with E-state index in [0.29, 0.717) is 17.6 Å². The Labute approximate surface area is 211 Å². The summed E-state index contributed by atoms with van der Waals surface area (Å²) in [5.74, 6) is 1.06. The number of allylic oxidation sites excluding steroid dienone is 2. The molecule has 0 fully saturated rings. The Balaban J connectivity index is 2.04. The van der Waals surface area contributed by atoms with E-state index >= 15 is 0 Å². The number of unbranched alkanes of at least 4 members (excludes halogenated alkanes) is 2. The highest BCUT2D eigenvalue weighted by Crippen LogP contribution is 2.37. The molecule has 5 heteroatoms. The molecule has 0 aliphatic carbocycles. The van der Waals surface area contributed by atoms with E-state index in [1.807, 2.05) is 36.4 Å². The third-order valence-electron chi connectivity index (χ3n) is 5.99. The molecule has 0 spiro atoms. The number of likely N-dealkylation sites (N-methyl/N-ethyl adjacent to an activating group) is 1. The molecular formula is C30H43N2O3+. The van der Waals surface area contributed by atoms with E-state index in [1.54, 1.807) is 6.07 Å². The molecule has 35 heavy (non-hydrogen) atoms. The average molecular weight is 480 g/mol. The lowest BCUT2D eigenvalue weighted by atomic mass is 9.97. The summed E-state index contributed by atoms with van der Waals surface area (Å²) in [5.41, 5.74) is 3.81. The molecule has 0 heterocycles. The topological polar surface area (TPSA) is 58.6 Å². The monoisotopic (exact) mass is 479 g/mol. The van der Waals surface area contributed by atoms with Gasteiger partial charge >= 0.3 is 0 Å². The van der Waals surface area contributed by atoms with Crippen molar-refractivity contribution in [2.75, 3.05) is 40.3 Å². The van der Waals surface area contributed by atoms with Gasteiger partial charge < -0.3 is 19.6 Å². The number of aromatic hydroxyl groups is 1. The smallest absolute Gasteiger partial charge is 0.275 e. The number of phenolic OH excluding ortho intramolecular Hbond substituents is 1. The number of carbonyl (C=O) groups is 1. The molecule has 0 aromatic heterocycles. The van der Waals surface area contributed by atoms with Crippen LogP contribution in [0, 0.1) is 0 Å². The maximum atomic E-state index is 12.3. The Hall–Kier alpha value is -3.05. The number of phenols is 1. The molecule has 0 saturated carbocycles. The van der Waals surface area contributed by atoms with Crippen molar-refractivity contribution in [3.63, 3.8) is 0 Å². The van der Waals surface area contributed by atoms with Crippen molar-refractivity contribution in [1.82, 2.24) is 5.32 Å². The Morgan fingerprint density at radius 2 is 1.66 bits per heavy atom. The van der Waals surface area contributed by atoms with Gasteiger partial charge in [-0.1, -0.05) is 44.1 Å². The molecule has 2 N–H and O–H groups in total. The van der Waals surface area contributed by atoms with Gasteiger partial charge in [0.2, 0.25) is 0 Å². The van der Waals surface area contributed by atoms with Gasteiger partial charge in [-0.25, -0.2) is 0 Å². The number of benzene rings is 2. The predicted octanol–water partition coefficient (Wildman–Crippen LogP) is 5.67. The first-order valence-electron chi connectivity index (χ1n) is 12.7. The third-order valence-corrected chi connectivity index (χ3v) is 5.99. The lowest BCUT2D eigenvalue weighted by molar-refractivity contribution is -0.882. The van der Waals surface area contributed by atoms with Gasteiger partial charge in [0.05, 0.1) is 27.2 Å². The SMILES string of the molecule is C=CCc1ccc(O)c(-c2cc(CC=C)ccc2OCCC[N+](C)(C)CC(=O)NCCCCC)c1. The van der Waals surface area contributed by atoms with Gasteiger partial charge in [0.25, 0.3) is 5.91 Å². The van der Waals surface area contributed by atoms with E-state index in [0.717, 1.165) is 79.6 Å². The van der Waals surface area contributed by atoms with Crippen molar-refractivity contribution in [3.8, 4) is 22.6 Å². The molecule has 5 nitrogen and oxygen atoms in total. The van der Waals surface area contributed by atoms with Crippen molar-refractivity contribution in [2.24, 2.45) is 0 Å². The molecule has 0 radical (unpaired) electrons. The van der Waals surface area contributed by atoms with Crippen molar-refractivity contribution >= 4 is 5.91 Å². The van der Waals surface area contributed by atoms with Crippen LogP contribution in [0.15, 0.2) is 61.7 Å². The molecule has 2 rings (SSSR count). The van der Waals surface area contributed by atoms with Crippen LogP contribution >= 0.6 is 0 Å². The zero-order valence-electron chi connectivity index (χ0n) is 21.8. The summed E-state index contributed by atoms with van der Waals surface area (Å²) in [7, 11) is 4.15. The van der Waals surface area contributed by atoms with Crippen LogP contribution in [0.5, 0.6) is 11.5 Å². The summed E-state index contributed by atoms with van der Waals surface area (Å²) < 4.78 is 6.81. The van der Waals surface area contributed by atoms with E-state index in [2.05, 4.69) is 45.6 Å². The highest BCUT2D eigenvalue weighted by atomic mass is 16.5. The number of hydrogen-bond acceptors (Lipinski definition) is 3. The maximum absolute atomic E-state index is 12.3. The van der Waals surface area contributed by atoms with Crippen molar-refractivity contribution in [3.05, 3.63) is 72.8 Å². The van der Waals surface area contributed by atoms with Crippen LogP contribution in [0.4, 0.5) is 0 Å². The van der Waals surface area contributed by atoms with E-state index in [9.17, 15) is 9.90 Å². The van der Waals surface area contributed by atoms with Crippen LogP contribution < -0.4 is 10.1 Å². The Morgan fingerprint density at radius 1 is 1.00 bits per heavy atom. The molecule has 2 aromatic rings. The first-order valence-corrected chi connectivity index (χ1v) is 12.7. The molecule has 0 bridgehead atoms. The number of carbonyl (C=O) groups excluding carboxylic acids is 1. The Kier molecular flexibility index (Phi) is 11.6. The molecule has 1 amide bonds. The van der Waals surface area contributed by atoms with Crippen LogP contribution in [0.2, 0.25) is 0 Å². The van der Waals surface area contributed by atoms with E-state index in [4.69, 9.17) is 4.74 Å². The first kappa shape index (κ1) is 28.2. The summed E-state index contributed by atoms with van der Waals surface area (Å²) >= 11 is 0. The lowest BCUT2D eigenvalue weighted by Gasteiger charge is -2.29. The van der Waals surface area contributed by atoms with Crippen LogP contribution in [0.25, 0.3) is 11.1 Å². The van der Waals surface area contributed by atoms with Gasteiger partial charge in [0.15, 0.2) is 6.54 Å². The van der Waals surface area contributed by atoms with Crippen LogP contribution in [-0.2, 0) is 17.6 Å². The van der Waals surface area contributed by atoms with E-state index in [1.165, 1.54) is 0 Å². The largest absolute Gasteiger partial charge is 0.507 e. The van der Waals surface area contributed by atoms with Crippen molar-refractivity contribution < 1.29 is 19.1 Å².